The number of hydrogen-bond donors (Lipinski definition) is 2. The Labute approximate surface area is 211 Å². The van der Waals surface area contributed by atoms with E-state index in [2.05, 4.69) is 15.6 Å². The molecule has 190 valence electrons. The van der Waals surface area contributed by atoms with E-state index in [1.165, 1.54) is 11.8 Å². The Kier molecular flexibility index (Phi) is 7.37. The molecule has 0 aromatic heterocycles. The van der Waals surface area contributed by atoms with Crippen LogP contribution in [0.2, 0.25) is 0 Å². The van der Waals surface area contributed by atoms with E-state index in [-0.39, 0.29) is 0 Å². The minimum Gasteiger partial charge on any atom is -0.344 e. The lowest BCUT2D eigenvalue weighted by Gasteiger charge is -2.22. The first-order chi connectivity index (χ1) is 17.7. The Bertz CT molecular complexity index is 1390. The molecule has 0 spiro atoms. The summed E-state index contributed by atoms with van der Waals surface area (Å²) in [4.78, 5) is 44.4. The standard InChI is InChI=1S/C27H23F3N4O3/c1-15(31-22(35)13-17-12-18(28)14-20(29)23(17)30)26(36)33-25-27(37)34(2)21-11-7-6-10-19(21)24(32-25)16-8-4-3-5-9-16/h3-12,14-15,25H,13H2,1-2H3,(H,31,35)(H,33,36)/t15-,25+/m0/s1. The van der Waals surface area contributed by atoms with Gasteiger partial charge in [-0.15, -0.1) is 0 Å². The number of carbonyl (C=O) groups excluding carboxylic acids is 3. The van der Waals surface area contributed by atoms with Gasteiger partial charge in [-0.05, 0) is 19.1 Å². The van der Waals surface area contributed by atoms with Crippen molar-refractivity contribution in [2.24, 2.45) is 4.99 Å². The first-order valence-corrected chi connectivity index (χ1v) is 11.4. The van der Waals surface area contributed by atoms with E-state index in [9.17, 15) is 27.6 Å². The molecule has 0 saturated heterocycles. The van der Waals surface area contributed by atoms with Gasteiger partial charge in [0.25, 0.3) is 5.91 Å². The molecule has 1 heterocycles. The maximum Gasteiger partial charge on any atom is 0.272 e. The van der Waals surface area contributed by atoms with Crippen LogP contribution in [0, 0.1) is 17.5 Å². The molecule has 2 atom stereocenters. The number of rotatable bonds is 6. The number of nitrogens with zero attached hydrogens (tertiary/aromatic N) is 2. The Morgan fingerprint density at radius 3 is 2.43 bits per heavy atom. The number of anilines is 1. The van der Waals surface area contributed by atoms with Crippen molar-refractivity contribution < 1.29 is 27.6 Å². The summed E-state index contributed by atoms with van der Waals surface area (Å²) in [7, 11) is 1.57. The molecule has 4 rings (SSSR count). The van der Waals surface area contributed by atoms with Crippen LogP contribution in [0.25, 0.3) is 0 Å². The van der Waals surface area contributed by atoms with Gasteiger partial charge in [0.05, 0.1) is 17.8 Å². The van der Waals surface area contributed by atoms with Crippen molar-refractivity contribution in [3.63, 3.8) is 0 Å². The van der Waals surface area contributed by atoms with Crippen molar-refractivity contribution in [1.82, 2.24) is 10.6 Å². The minimum absolute atomic E-state index is 0.371. The average Bonchev–Trinajstić information content (AvgIpc) is 2.98. The van der Waals surface area contributed by atoms with Crippen LogP contribution in [0.3, 0.4) is 0 Å². The molecule has 37 heavy (non-hydrogen) atoms. The normalized spacial score (nSPS) is 15.8. The lowest BCUT2D eigenvalue weighted by atomic mass is 10.0. The fourth-order valence-corrected chi connectivity index (χ4v) is 3.97. The number of aliphatic imine (C=N–C) groups is 1. The van der Waals surface area contributed by atoms with Gasteiger partial charge in [0.2, 0.25) is 18.0 Å². The fraction of sp³-hybridized carbons (Fsp3) is 0.185. The number of benzodiazepines with no additional fused rings is 1. The van der Waals surface area contributed by atoms with Gasteiger partial charge in [0.15, 0.2) is 11.6 Å². The van der Waals surface area contributed by atoms with Gasteiger partial charge in [-0.25, -0.2) is 18.2 Å². The van der Waals surface area contributed by atoms with Gasteiger partial charge in [-0.2, -0.15) is 0 Å². The van der Waals surface area contributed by atoms with Crippen LogP contribution in [0.5, 0.6) is 0 Å². The predicted molar refractivity (Wildman–Crippen MR) is 131 cm³/mol. The summed E-state index contributed by atoms with van der Waals surface area (Å²) in [5, 5.41) is 4.90. The highest BCUT2D eigenvalue weighted by Gasteiger charge is 2.32. The number of benzene rings is 3. The number of halogens is 3. The molecular weight excluding hydrogens is 485 g/mol. The van der Waals surface area contributed by atoms with Crippen molar-refractivity contribution in [1.29, 1.82) is 0 Å². The van der Waals surface area contributed by atoms with Crippen LogP contribution in [0.15, 0.2) is 71.7 Å². The molecule has 0 radical (unpaired) electrons. The van der Waals surface area contributed by atoms with Crippen molar-refractivity contribution in [2.45, 2.75) is 25.6 Å². The lowest BCUT2D eigenvalue weighted by Crippen LogP contribution is -2.52. The van der Waals surface area contributed by atoms with Gasteiger partial charge >= 0.3 is 0 Å². The molecule has 0 bridgehead atoms. The van der Waals surface area contributed by atoms with E-state index in [4.69, 9.17) is 0 Å². The molecule has 1 aliphatic rings. The third-order valence-corrected chi connectivity index (χ3v) is 5.86. The Balaban J connectivity index is 1.53. The van der Waals surface area contributed by atoms with Gasteiger partial charge in [-0.3, -0.25) is 14.4 Å². The van der Waals surface area contributed by atoms with Crippen molar-refractivity contribution >= 4 is 29.1 Å². The summed E-state index contributed by atoms with van der Waals surface area (Å²) in [6, 6.07) is 16.3. The van der Waals surface area contributed by atoms with E-state index in [0.29, 0.717) is 29.1 Å². The highest BCUT2D eigenvalue weighted by Crippen LogP contribution is 2.27. The lowest BCUT2D eigenvalue weighted by molar-refractivity contribution is -0.130. The number of hydrogen-bond acceptors (Lipinski definition) is 4. The minimum atomic E-state index is -1.42. The molecule has 7 nitrogen and oxygen atoms in total. The van der Waals surface area contributed by atoms with Crippen LogP contribution in [0.4, 0.5) is 18.9 Å². The number of likely N-dealkylation sites (N-methyl/N-ethyl adjacent to an activating group) is 1. The molecule has 0 unspecified atom stereocenters. The van der Waals surface area contributed by atoms with Crippen LogP contribution in [0.1, 0.15) is 23.6 Å². The maximum absolute atomic E-state index is 13.9. The monoisotopic (exact) mass is 508 g/mol. The first kappa shape index (κ1) is 25.6. The number of para-hydroxylation sites is 1. The first-order valence-electron chi connectivity index (χ1n) is 11.4. The second-order valence-electron chi connectivity index (χ2n) is 8.50. The van der Waals surface area contributed by atoms with E-state index in [1.807, 2.05) is 42.5 Å². The third-order valence-electron chi connectivity index (χ3n) is 5.86. The summed E-state index contributed by atoms with van der Waals surface area (Å²) in [6.07, 6.45) is -1.98. The number of carbonyl (C=O) groups is 3. The molecule has 2 N–H and O–H groups in total. The van der Waals surface area contributed by atoms with Gasteiger partial charge in [0.1, 0.15) is 11.9 Å². The molecular formula is C27H23F3N4O3. The second kappa shape index (κ2) is 10.7. The highest BCUT2D eigenvalue weighted by atomic mass is 19.2. The topological polar surface area (TPSA) is 90.9 Å². The smallest absolute Gasteiger partial charge is 0.272 e. The van der Waals surface area contributed by atoms with E-state index in [0.717, 1.165) is 5.56 Å². The Hall–Kier alpha value is -4.47. The zero-order chi connectivity index (χ0) is 26.7. The summed E-state index contributed by atoms with van der Waals surface area (Å²) < 4.78 is 40.7. The predicted octanol–water partition coefficient (Wildman–Crippen LogP) is 3.11. The summed E-state index contributed by atoms with van der Waals surface area (Å²) in [6.45, 7) is 1.36. The molecule has 0 saturated carbocycles. The highest BCUT2D eigenvalue weighted by molar-refractivity contribution is 6.20. The van der Waals surface area contributed by atoms with Crippen LogP contribution < -0.4 is 15.5 Å². The van der Waals surface area contributed by atoms with Crippen molar-refractivity contribution in [3.05, 3.63) is 101 Å². The molecule has 3 aromatic carbocycles. The molecule has 3 aromatic rings. The van der Waals surface area contributed by atoms with Gasteiger partial charge in [0, 0.05) is 29.8 Å². The zero-order valence-corrected chi connectivity index (χ0v) is 20.0. The SMILES string of the molecule is C[C@H](NC(=O)Cc1cc(F)cc(F)c1F)C(=O)N[C@H]1N=C(c2ccccc2)c2ccccc2N(C)C1=O. The molecule has 1 aliphatic heterocycles. The largest absolute Gasteiger partial charge is 0.344 e. The zero-order valence-electron chi connectivity index (χ0n) is 20.0. The number of fused-ring (bicyclic) bond motifs is 1. The summed E-state index contributed by atoms with van der Waals surface area (Å²) in [5.74, 6) is -5.86. The molecule has 0 fully saturated rings. The van der Waals surface area contributed by atoms with Gasteiger partial charge < -0.3 is 15.5 Å². The van der Waals surface area contributed by atoms with Crippen molar-refractivity contribution in [2.75, 3.05) is 11.9 Å². The van der Waals surface area contributed by atoms with E-state index >= 15 is 0 Å². The van der Waals surface area contributed by atoms with Gasteiger partial charge in [-0.1, -0.05) is 48.5 Å². The van der Waals surface area contributed by atoms with Crippen LogP contribution in [-0.4, -0.2) is 42.7 Å². The maximum atomic E-state index is 13.9. The Morgan fingerprint density at radius 1 is 1.03 bits per heavy atom. The third kappa shape index (κ3) is 5.53. The number of amides is 3. The average molecular weight is 509 g/mol. The fourth-order valence-electron chi connectivity index (χ4n) is 3.97. The molecule has 10 heteroatoms. The number of nitrogens with one attached hydrogen (secondary N) is 2. The second-order valence-corrected chi connectivity index (χ2v) is 8.50. The van der Waals surface area contributed by atoms with E-state index in [1.54, 1.807) is 19.2 Å². The molecule has 0 aliphatic carbocycles. The summed E-state index contributed by atoms with van der Waals surface area (Å²) >= 11 is 0. The Morgan fingerprint density at radius 2 is 1.70 bits per heavy atom. The van der Waals surface area contributed by atoms with E-state index < -0.39 is 59.4 Å². The van der Waals surface area contributed by atoms with Crippen LogP contribution >= 0.6 is 0 Å². The van der Waals surface area contributed by atoms with Crippen molar-refractivity contribution in [3.8, 4) is 0 Å². The molecule has 3 amide bonds. The van der Waals surface area contributed by atoms with Crippen LogP contribution in [-0.2, 0) is 20.8 Å². The summed E-state index contributed by atoms with van der Waals surface area (Å²) in [5.41, 5.74) is 2.06. The quantitative estimate of drug-likeness (QED) is 0.502.